The van der Waals surface area contributed by atoms with E-state index in [0.717, 1.165) is 11.4 Å². The van der Waals surface area contributed by atoms with Crippen LogP contribution in [-0.2, 0) is 0 Å². The Morgan fingerprint density at radius 3 is 2.35 bits per heavy atom. The highest BCUT2D eigenvalue weighted by Crippen LogP contribution is 2.14. The molecule has 1 heterocycles. The molecular formula is C11H12ClN3O2. The zero-order valence-corrected chi connectivity index (χ0v) is 9.94. The summed E-state index contributed by atoms with van der Waals surface area (Å²) in [6.45, 7) is 1.85. The van der Waals surface area contributed by atoms with Crippen LogP contribution in [-0.4, -0.2) is 20.9 Å². The Labute approximate surface area is 104 Å². The molecule has 17 heavy (non-hydrogen) atoms. The predicted octanol–water partition coefficient (Wildman–Crippen LogP) is 1.88. The van der Waals surface area contributed by atoms with Crippen molar-refractivity contribution in [2.24, 2.45) is 0 Å². The van der Waals surface area contributed by atoms with E-state index in [4.69, 9.17) is 10.8 Å². The fraction of sp³-hybridized carbons (Fsp3) is 0.0909. The molecule has 0 amide bonds. The van der Waals surface area contributed by atoms with E-state index in [9.17, 15) is 4.79 Å². The lowest BCUT2D eigenvalue weighted by atomic mass is 10.2. The molecule has 1 aromatic heterocycles. The van der Waals surface area contributed by atoms with E-state index in [1.54, 1.807) is 22.9 Å². The van der Waals surface area contributed by atoms with Gasteiger partial charge in [-0.3, -0.25) is 0 Å². The zero-order valence-electron chi connectivity index (χ0n) is 9.12. The van der Waals surface area contributed by atoms with Gasteiger partial charge in [0.25, 0.3) is 0 Å². The normalized spacial score (nSPS) is 9.71. The second-order valence-electron chi connectivity index (χ2n) is 3.47. The smallest absolute Gasteiger partial charge is 0.335 e. The standard InChI is InChI=1S/C11H11N3O2.ClH/c1-7-6-10(12)14(13-7)9-4-2-8(3-5-9)11(15)16;/h2-6H,12H2,1H3,(H,15,16);1H. The van der Waals surface area contributed by atoms with Crippen molar-refractivity contribution in [1.82, 2.24) is 9.78 Å². The van der Waals surface area contributed by atoms with Gasteiger partial charge in [0.2, 0.25) is 0 Å². The molecule has 90 valence electrons. The lowest BCUT2D eigenvalue weighted by Gasteiger charge is -2.03. The monoisotopic (exact) mass is 253 g/mol. The summed E-state index contributed by atoms with van der Waals surface area (Å²) < 4.78 is 1.57. The molecule has 5 nitrogen and oxygen atoms in total. The van der Waals surface area contributed by atoms with Crippen molar-refractivity contribution in [3.05, 3.63) is 41.6 Å². The molecule has 0 aliphatic rings. The van der Waals surface area contributed by atoms with E-state index in [0.29, 0.717) is 5.82 Å². The van der Waals surface area contributed by atoms with Crippen molar-refractivity contribution in [3.8, 4) is 5.69 Å². The Hall–Kier alpha value is -2.01. The zero-order chi connectivity index (χ0) is 11.7. The van der Waals surface area contributed by atoms with Gasteiger partial charge in [0.15, 0.2) is 0 Å². The van der Waals surface area contributed by atoms with Crippen LogP contribution in [0, 0.1) is 6.92 Å². The van der Waals surface area contributed by atoms with E-state index < -0.39 is 5.97 Å². The third kappa shape index (κ3) is 2.57. The van der Waals surface area contributed by atoms with Gasteiger partial charge in [-0.1, -0.05) is 0 Å². The van der Waals surface area contributed by atoms with Crippen LogP contribution in [0.4, 0.5) is 5.82 Å². The Bertz CT molecular complexity index is 534. The second kappa shape index (κ2) is 4.88. The van der Waals surface area contributed by atoms with Gasteiger partial charge in [0, 0.05) is 6.07 Å². The number of carbonyl (C=O) groups is 1. The molecule has 3 N–H and O–H groups in total. The average molecular weight is 254 g/mol. The number of nitrogens with zero attached hydrogens (tertiary/aromatic N) is 2. The lowest BCUT2D eigenvalue weighted by molar-refractivity contribution is 0.0697. The molecule has 0 radical (unpaired) electrons. The average Bonchev–Trinajstić information content (AvgIpc) is 2.58. The lowest BCUT2D eigenvalue weighted by Crippen LogP contribution is -2.03. The van der Waals surface area contributed by atoms with E-state index in [2.05, 4.69) is 5.10 Å². The number of carboxylic acids is 1. The molecular weight excluding hydrogens is 242 g/mol. The number of hydrogen-bond donors (Lipinski definition) is 2. The minimum absolute atomic E-state index is 0. The minimum atomic E-state index is -0.948. The second-order valence-corrected chi connectivity index (χ2v) is 3.47. The number of aromatic nitrogens is 2. The summed E-state index contributed by atoms with van der Waals surface area (Å²) in [5.74, 6) is -0.420. The number of hydrogen-bond acceptors (Lipinski definition) is 3. The van der Waals surface area contributed by atoms with Crippen molar-refractivity contribution in [1.29, 1.82) is 0 Å². The Morgan fingerprint density at radius 2 is 1.94 bits per heavy atom. The summed E-state index contributed by atoms with van der Waals surface area (Å²) in [5.41, 5.74) is 7.56. The molecule has 2 aromatic rings. The van der Waals surface area contributed by atoms with Crippen LogP contribution < -0.4 is 5.73 Å². The Balaban J connectivity index is 0.00000144. The van der Waals surface area contributed by atoms with Crippen LogP contribution in [0.3, 0.4) is 0 Å². The van der Waals surface area contributed by atoms with Crippen molar-refractivity contribution < 1.29 is 9.90 Å². The van der Waals surface area contributed by atoms with Crippen LogP contribution >= 0.6 is 12.4 Å². The molecule has 2 rings (SSSR count). The van der Waals surface area contributed by atoms with Crippen molar-refractivity contribution in [2.45, 2.75) is 6.92 Å². The molecule has 0 unspecified atom stereocenters. The first-order valence-corrected chi connectivity index (χ1v) is 4.74. The number of halogens is 1. The minimum Gasteiger partial charge on any atom is -0.478 e. The largest absolute Gasteiger partial charge is 0.478 e. The number of rotatable bonds is 2. The fourth-order valence-corrected chi connectivity index (χ4v) is 1.47. The summed E-state index contributed by atoms with van der Waals surface area (Å²) in [6.07, 6.45) is 0. The highest BCUT2D eigenvalue weighted by Gasteiger charge is 2.06. The number of benzene rings is 1. The van der Waals surface area contributed by atoms with Gasteiger partial charge in [-0.25, -0.2) is 9.48 Å². The van der Waals surface area contributed by atoms with E-state index >= 15 is 0 Å². The summed E-state index contributed by atoms with van der Waals surface area (Å²) in [6, 6.07) is 8.14. The highest BCUT2D eigenvalue weighted by molar-refractivity contribution is 5.87. The number of nitrogens with two attached hydrogens (primary N) is 1. The number of carboxylic acid groups (broad SMARTS) is 1. The number of aryl methyl sites for hydroxylation is 1. The Morgan fingerprint density at radius 1 is 1.35 bits per heavy atom. The molecule has 1 aromatic carbocycles. The maximum absolute atomic E-state index is 10.7. The van der Waals surface area contributed by atoms with E-state index in [-0.39, 0.29) is 18.0 Å². The van der Waals surface area contributed by atoms with Gasteiger partial charge in [-0.15, -0.1) is 12.4 Å². The fourth-order valence-electron chi connectivity index (χ4n) is 1.47. The van der Waals surface area contributed by atoms with Gasteiger partial charge in [0.1, 0.15) is 5.82 Å². The van der Waals surface area contributed by atoms with Crippen LogP contribution in [0.15, 0.2) is 30.3 Å². The van der Waals surface area contributed by atoms with Gasteiger partial charge in [-0.05, 0) is 31.2 Å². The number of aromatic carboxylic acids is 1. The van der Waals surface area contributed by atoms with Gasteiger partial charge < -0.3 is 10.8 Å². The van der Waals surface area contributed by atoms with Crippen LogP contribution in [0.1, 0.15) is 16.1 Å². The first-order valence-electron chi connectivity index (χ1n) is 4.74. The SMILES string of the molecule is Cc1cc(N)n(-c2ccc(C(=O)O)cc2)n1.Cl. The van der Waals surface area contributed by atoms with E-state index in [1.165, 1.54) is 12.1 Å². The number of nitrogen functional groups attached to an aromatic ring is 1. The maximum atomic E-state index is 10.7. The topological polar surface area (TPSA) is 81.1 Å². The molecule has 0 saturated heterocycles. The number of anilines is 1. The first-order chi connectivity index (χ1) is 7.58. The molecule has 0 atom stereocenters. The molecule has 0 aliphatic heterocycles. The summed E-state index contributed by atoms with van der Waals surface area (Å²) in [4.78, 5) is 10.7. The van der Waals surface area contributed by atoms with Crippen LogP contribution in [0.2, 0.25) is 0 Å². The van der Waals surface area contributed by atoms with Crippen molar-refractivity contribution in [3.63, 3.8) is 0 Å². The molecule has 0 saturated carbocycles. The molecule has 0 bridgehead atoms. The third-order valence-electron chi connectivity index (χ3n) is 2.22. The van der Waals surface area contributed by atoms with E-state index in [1.807, 2.05) is 6.92 Å². The summed E-state index contributed by atoms with van der Waals surface area (Å²) >= 11 is 0. The summed E-state index contributed by atoms with van der Waals surface area (Å²) in [5, 5.41) is 13.0. The van der Waals surface area contributed by atoms with Gasteiger partial charge >= 0.3 is 5.97 Å². The highest BCUT2D eigenvalue weighted by atomic mass is 35.5. The quantitative estimate of drug-likeness (QED) is 0.856. The van der Waals surface area contributed by atoms with Gasteiger partial charge in [-0.2, -0.15) is 5.10 Å². The molecule has 0 aliphatic carbocycles. The van der Waals surface area contributed by atoms with Crippen molar-refractivity contribution in [2.75, 3.05) is 5.73 Å². The Kier molecular flexibility index (Phi) is 3.75. The molecule has 6 heteroatoms. The predicted molar refractivity (Wildman–Crippen MR) is 66.9 cm³/mol. The third-order valence-corrected chi connectivity index (χ3v) is 2.22. The van der Waals surface area contributed by atoms with Crippen LogP contribution in [0.5, 0.6) is 0 Å². The maximum Gasteiger partial charge on any atom is 0.335 e. The molecule has 0 fully saturated rings. The molecule has 0 spiro atoms. The first kappa shape index (κ1) is 13.1. The van der Waals surface area contributed by atoms with Crippen molar-refractivity contribution >= 4 is 24.2 Å². The summed E-state index contributed by atoms with van der Waals surface area (Å²) in [7, 11) is 0. The van der Waals surface area contributed by atoms with Gasteiger partial charge in [0.05, 0.1) is 16.9 Å². The van der Waals surface area contributed by atoms with Crippen LogP contribution in [0.25, 0.3) is 5.69 Å².